The Labute approximate surface area is 230 Å². The average molecular weight is 570 g/mol. The van der Waals surface area contributed by atoms with E-state index in [0.29, 0.717) is 50.5 Å². The van der Waals surface area contributed by atoms with Gasteiger partial charge in [0.25, 0.3) is 5.91 Å². The van der Waals surface area contributed by atoms with Gasteiger partial charge in [-0.2, -0.15) is 4.31 Å². The first-order valence-corrected chi connectivity index (χ1v) is 15.5. The van der Waals surface area contributed by atoms with Crippen LogP contribution in [0.15, 0.2) is 29.2 Å². The minimum Gasteiger partial charge on any atom is -0.394 e. The Bertz CT molecular complexity index is 1130. The second-order valence-corrected chi connectivity index (χ2v) is 14.5. The van der Waals surface area contributed by atoms with Crippen molar-refractivity contribution in [3.63, 3.8) is 0 Å². The SMILES string of the molecule is CC(C)(CO)N1CCN(C(=O)C(O)C2([C@H]3C[C@@H](O)C[C@@H](C4CC4)N3S(=O)(=O)c3ccc(Cl)cc3)CC2)CC1. The lowest BCUT2D eigenvalue weighted by Crippen LogP contribution is -2.62. The van der Waals surface area contributed by atoms with Gasteiger partial charge in [0, 0.05) is 54.2 Å². The van der Waals surface area contributed by atoms with Gasteiger partial charge < -0.3 is 20.2 Å². The molecule has 212 valence electrons. The molecule has 2 saturated carbocycles. The van der Waals surface area contributed by atoms with Crippen molar-refractivity contribution >= 4 is 27.5 Å². The van der Waals surface area contributed by atoms with Crippen LogP contribution in [0.1, 0.15) is 52.4 Å². The predicted molar refractivity (Wildman–Crippen MR) is 143 cm³/mol. The molecule has 3 N–H and O–H groups in total. The minimum absolute atomic E-state index is 0.0107. The summed E-state index contributed by atoms with van der Waals surface area (Å²) in [7, 11) is -3.96. The summed E-state index contributed by atoms with van der Waals surface area (Å²) >= 11 is 6.03. The van der Waals surface area contributed by atoms with Crippen LogP contribution in [-0.4, -0.2) is 106 Å². The maximum absolute atomic E-state index is 14.1. The monoisotopic (exact) mass is 569 g/mol. The fourth-order valence-corrected chi connectivity index (χ4v) is 8.59. The van der Waals surface area contributed by atoms with Crippen molar-refractivity contribution in [3.8, 4) is 0 Å². The van der Waals surface area contributed by atoms with E-state index in [4.69, 9.17) is 11.6 Å². The van der Waals surface area contributed by atoms with Crippen LogP contribution in [0.2, 0.25) is 5.02 Å². The molecular formula is C27H40ClN3O6S. The van der Waals surface area contributed by atoms with E-state index in [0.717, 1.165) is 12.8 Å². The predicted octanol–water partition coefficient (Wildman–Crippen LogP) is 1.69. The van der Waals surface area contributed by atoms with E-state index in [2.05, 4.69) is 4.90 Å². The number of carbonyl (C=O) groups excluding carboxylic acids is 1. The minimum atomic E-state index is -3.96. The molecule has 2 heterocycles. The van der Waals surface area contributed by atoms with Crippen LogP contribution in [0.3, 0.4) is 0 Å². The molecule has 4 fully saturated rings. The highest BCUT2D eigenvalue weighted by atomic mass is 35.5. The number of carbonyl (C=O) groups is 1. The van der Waals surface area contributed by atoms with Gasteiger partial charge >= 0.3 is 0 Å². The van der Waals surface area contributed by atoms with E-state index in [1.165, 1.54) is 12.1 Å². The van der Waals surface area contributed by atoms with Crippen molar-refractivity contribution in [1.82, 2.24) is 14.1 Å². The number of piperidine rings is 1. The quantitative estimate of drug-likeness (QED) is 0.435. The first-order valence-electron chi connectivity index (χ1n) is 13.7. The summed E-state index contributed by atoms with van der Waals surface area (Å²) in [4.78, 5) is 17.5. The first-order chi connectivity index (χ1) is 17.9. The van der Waals surface area contributed by atoms with E-state index in [-0.39, 0.29) is 35.8 Å². The Kier molecular flexibility index (Phi) is 7.65. The highest BCUT2D eigenvalue weighted by Crippen LogP contribution is 2.58. The number of aliphatic hydroxyl groups excluding tert-OH is 3. The topological polar surface area (TPSA) is 122 Å². The number of hydrogen-bond donors (Lipinski definition) is 3. The molecule has 1 unspecified atom stereocenters. The van der Waals surface area contributed by atoms with E-state index in [1.807, 2.05) is 13.8 Å². The molecule has 0 radical (unpaired) electrons. The van der Waals surface area contributed by atoms with Gasteiger partial charge in [-0.25, -0.2) is 8.42 Å². The van der Waals surface area contributed by atoms with Crippen LogP contribution in [0.4, 0.5) is 0 Å². The zero-order valence-corrected chi connectivity index (χ0v) is 23.7. The van der Waals surface area contributed by atoms with Gasteiger partial charge in [0.05, 0.1) is 17.6 Å². The number of aliphatic hydroxyl groups is 3. The smallest absolute Gasteiger partial charge is 0.252 e. The Balaban J connectivity index is 1.41. The number of amides is 1. The molecule has 0 bridgehead atoms. The molecule has 1 amide bonds. The normalized spacial score (nSPS) is 29.7. The van der Waals surface area contributed by atoms with E-state index < -0.39 is 39.2 Å². The number of rotatable bonds is 8. The van der Waals surface area contributed by atoms with Gasteiger partial charge in [0.1, 0.15) is 6.10 Å². The van der Waals surface area contributed by atoms with Crippen molar-refractivity contribution in [2.45, 2.75) is 87.1 Å². The second kappa shape index (κ2) is 10.3. The Morgan fingerprint density at radius 1 is 1.11 bits per heavy atom. The lowest BCUT2D eigenvalue weighted by atomic mass is 9.80. The summed E-state index contributed by atoms with van der Waals surface area (Å²) in [5.74, 6) is -0.211. The molecule has 2 aliphatic carbocycles. The fourth-order valence-electron chi connectivity index (χ4n) is 6.50. The molecule has 1 aromatic rings. The van der Waals surface area contributed by atoms with Crippen LogP contribution < -0.4 is 0 Å². The second-order valence-electron chi connectivity index (χ2n) is 12.3. The summed E-state index contributed by atoms with van der Waals surface area (Å²) in [6.07, 6.45) is 1.37. The summed E-state index contributed by atoms with van der Waals surface area (Å²) in [6, 6.07) is 5.06. The van der Waals surface area contributed by atoms with Gasteiger partial charge in [0.15, 0.2) is 0 Å². The first kappa shape index (κ1) is 28.3. The van der Waals surface area contributed by atoms with E-state index >= 15 is 0 Å². The molecule has 0 aromatic heterocycles. The lowest BCUT2D eigenvalue weighted by Gasteiger charge is -2.48. The molecule has 2 saturated heterocycles. The maximum Gasteiger partial charge on any atom is 0.252 e. The molecule has 0 spiro atoms. The third-order valence-electron chi connectivity index (χ3n) is 9.30. The fraction of sp³-hybridized carbons (Fsp3) is 0.741. The van der Waals surface area contributed by atoms with Gasteiger partial charge in [-0.15, -0.1) is 0 Å². The number of benzene rings is 1. The molecule has 2 aliphatic heterocycles. The van der Waals surface area contributed by atoms with Gasteiger partial charge in [0.2, 0.25) is 10.0 Å². The number of halogens is 1. The van der Waals surface area contributed by atoms with Crippen molar-refractivity contribution < 1.29 is 28.5 Å². The van der Waals surface area contributed by atoms with E-state index in [9.17, 15) is 28.5 Å². The third-order valence-corrected chi connectivity index (χ3v) is 11.5. The average Bonchev–Trinajstić information content (AvgIpc) is 3.82. The molecule has 4 aliphatic rings. The molecule has 5 rings (SSSR count). The zero-order valence-electron chi connectivity index (χ0n) is 22.2. The zero-order chi connectivity index (χ0) is 27.5. The van der Waals surface area contributed by atoms with Crippen molar-refractivity contribution in [2.24, 2.45) is 11.3 Å². The number of nitrogens with zero attached hydrogens (tertiary/aromatic N) is 3. The van der Waals surface area contributed by atoms with Crippen LogP contribution in [0.25, 0.3) is 0 Å². The third kappa shape index (κ3) is 5.13. The van der Waals surface area contributed by atoms with Crippen molar-refractivity contribution in [3.05, 3.63) is 29.3 Å². The van der Waals surface area contributed by atoms with Gasteiger partial charge in [-0.1, -0.05) is 11.6 Å². The van der Waals surface area contributed by atoms with Crippen LogP contribution >= 0.6 is 11.6 Å². The molecular weight excluding hydrogens is 530 g/mol. The van der Waals surface area contributed by atoms with Crippen molar-refractivity contribution in [2.75, 3.05) is 32.8 Å². The summed E-state index contributed by atoms with van der Waals surface area (Å²) in [6.45, 7) is 5.96. The number of piperazine rings is 1. The highest BCUT2D eigenvalue weighted by Gasteiger charge is 2.64. The summed E-state index contributed by atoms with van der Waals surface area (Å²) in [5, 5.41) is 32.5. The highest BCUT2D eigenvalue weighted by molar-refractivity contribution is 7.89. The molecule has 9 nitrogen and oxygen atoms in total. The Morgan fingerprint density at radius 2 is 1.71 bits per heavy atom. The standard InChI is InChI=1S/C27H40ClN3O6S/c1-26(2,17-32)30-13-11-29(12-14-30)25(35)24(34)27(9-10-27)23-16-20(33)15-22(18-3-4-18)31(23)38(36,37)21-7-5-19(28)6-8-21/h5-8,18,20,22-24,32-34H,3-4,9-17H2,1-2H3/t20-,22-,23+,24?/m0/s1. The number of sulfonamides is 1. The van der Waals surface area contributed by atoms with Gasteiger partial charge in [-0.3, -0.25) is 9.69 Å². The van der Waals surface area contributed by atoms with Crippen LogP contribution in [0, 0.1) is 11.3 Å². The Morgan fingerprint density at radius 3 is 2.24 bits per heavy atom. The maximum atomic E-state index is 14.1. The van der Waals surface area contributed by atoms with Crippen LogP contribution in [-0.2, 0) is 14.8 Å². The summed E-state index contributed by atoms with van der Waals surface area (Å²) < 4.78 is 29.7. The van der Waals surface area contributed by atoms with E-state index in [1.54, 1.807) is 21.3 Å². The van der Waals surface area contributed by atoms with Crippen LogP contribution in [0.5, 0.6) is 0 Å². The molecule has 1 aromatic carbocycles. The molecule has 4 atom stereocenters. The number of hydrogen-bond acceptors (Lipinski definition) is 7. The summed E-state index contributed by atoms with van der Waals surface area (Å²) in [5.41, 5.74) is -1.31. The Hall–Kier alpha value is -1.27. The molecule has 11 heteroatoms. The van der Waals surface area contributed by atoms with Gasteiger partial charge in [-0.05, 0) is 82.6 Å². The van der Waals surface area contributed by atoms with Crippen molar-refractivity contribution in [1.29, 1.82) is 0 Å². The largest absolute Gasteiger partial charge is 0.394 e. The molecule has 38 heavy (non-hydrogen) atoms. The lowest BCUT2D eigenvalue weighted by molar-refractivity contribution is -0.150.